The van der Waals surface area contributed by atoms with Crippen LogP contribution in [0.4, 0.5) is 0 Å². The first kappa shape index (κ1) is 15.8. The Morgan fingerprint density at radius 1 is 1.09 bits per heavy atom. The number of halogens is 1. The van der Waals surface area contributed by atoms with Crippen LogP contribution in [0, 0.1) is 0 Å². The van der Waals surface area contributed by atoms with Crippen LogP contribution in [-0.2, 0) is 10.1 Å². The molecule has 23 heavy (non-hydrogen) atoms. The van der Waals surface area contributed by atoms with Crippen molar-refractivity contribution in [2.45, 2.75) is 0 Å². The smallest absolute Gasteiger partial charge is 0.306 e. The molecule has 0 atom stereocenters. The van der Waals surface area contributed by atoms with Crippen LogP contribution < -0.4 is 9.61 Å². The first-order valence-electron chi connectivity index (χ1n) is 6.64. The van der Waals surface area contributed by atoms with Gasteiger partial charge in [-0.15, -0.1) is 0 Å². The molecule has 2 aromatic carbocycles. The summed E-state index contributed by atoms with van der Waals surface area (Å²) in [5.41, 5.74) is 1.72. The minimum atomic E-state index is -3.61. The summed E-state index contributed by atoms with van der Waals surface area (Å²) in [6.45, 7) is 0. The van der Waals surface area contributed by atoms with Gasteiger partial charge < -0.3 is 9.17 Å². The van der Waals surface area contributed by atoms with Crippen molar-refractivity contribution >= 4 is 37.0 Å². The summed E-state index contributed by atoms with van der Waals surface area (Å²) < 4.78 is 28.1. The number of nitrogens with one attached hydrogen (secondary N) is 1. The molecular formula is C16H12BrNO4S. The van der Waals surface area contributed by atoms with Gasteiger partial charge in [0.2, 0.25) is 0 Å². The Hall–Kier alpha value is -2.12. The van der Waals surface area contributed by atoms with Crippen LogP contribution in [0.25, 0.3) is 22.0 Å². The van der Waals surface area contributed by atoms with Gasteiger partial charge in [-0.1, -0.05) is 28.1 Å². The normalized spacial score (nSPS) is 11.6. The Morgan fingerprint density at radius 2 is 1.78 bits per heavy atom. The quantitative estimate of drug-likeness (QED) is 0.692. The molecule has 5 nitrogen and oxygen atoms in total. The summed E-state index contributed by atoms with van der Waals surface area (Å²) in [5, 5.41) is 0.464. The molecule has 118 valence electrons. The minimum absolute atomic E-state index is 0.132. The highest BCUT2D eigenvalue weighted by atomic mass is 79.9. The van der Waals surface area contributed by atoms with E-state index in [9.17, 15) is 13.2 Å². The summed E-state index contributed by atoms with van der Waals surface area (Å²) in [5.74, 6) is 0.159. The maximum absolute atomic E-state index is 12.6. The zero-order valence-electron chi connectivity index (χ0n) is 12.0. The third-order valence-electron chi connectivity index (χ3n) is 3.26. The highest BCUT2D eigenvalue weighted by molar-refractivity contribution is 9.10. The molecule has 1 aromatic heterocycles. The number of aromatic amines is 1. The molecule has 0 aliphatic heterocycles. The Balaban J connectivity index is 2.11. The van der Waals surface area contributed by atoms with Crippen molar-refractivity contribution in [3.63, 3.8) is 0 Å². The van der Waals surface area contributed by atoms with Crippen LogP contribution in [0.1, 0.15) is 0 Å². The zero-order chi connectivity index (χ0) is 16.6. The van der Waals surface area contributed by atoms with E-state index in [1.807, 2.05) is 24.3 Å². The first-order chi connectivity index (χ1) is 10.8. The van der Waals surface area contributed by atoms with Crippen LogP contribution in [0.3, 0.4) is 0 Å². The summed E-state index contributed by atoms with van der Waals surface area (Å²) in [6.07, 6.45) is 2.58. The zero-order valence-corrected chi connectivity index (χ0v) is 14.4. The van der Waals surface area contributed by atoms with E-state index in [4.69, 9.17) is 4.18 Å². The fourth-order valence-electron chi connectivity index (χ4n) is 2.27. The Morgan fingerprint density at radius 3 is 2.43 bits per heavy atom. The number of rotatable bonds is 3. The lowest BCUT2D eigenvalue weighted by Gasteiger charge is -2.06. The van der Waals surface area contributed by atoms with Crippen LogP contribution in [0.15, 0.2) is 57.9 Å². The van der Waals surface area contributed by atoms with Crippen molar-refractivity contribution in [3.8, 4) is 16.9 Å². The number of H-pyrrole nitrogens is 1. The van der Waals surface area contributed by atoms with E-state index in [2.05, 4.69) is 20.9 Å². The number of fused-ring (bicyclic) bond motifs is 1. The van der Waals surface area contributed by atoms with E-state index in [1.54, 1.807) is 12.3 Å². The molecule has 0 unspecified atom stereocenters. The molecule has 0 aliphatic carbocycles. The molecule has 0 radical (unpaired) electrons. The Bertz CT molecular complexity index is 1040. The van der Waals surface area contributed by atoms with Crippen LogP contribution in [0.2, 0.25) is 0 Å². The van der Waals surface area contributed by atoms with Crippen molar-refractivity contribution in [2.75, 3.05) is 6.26 Å². The first-order valence-corrected chi connectivity index (χ1v) is 9.25. The number of pyridine rings is 1. The van der Waals surface area contributed by atoms with E-state index >= 15 is 0 Å². The maximum Gasteiger partial charge on any atom is 0.306 e. The molecule has 0 saturated carbocycles. The average Bonchev–Trinajstić information content (AvgIpc) is 2.47. The van der Waals surface area contributed by atoms with Gasteiger partial charge >= 0.3 is 10.1 Å². The summed E-state index contributed by atoms with van der Waals surface area (Å²) in [6, 6.07) is 11.9. The molecule has 0 fully saturated rings. The SMILES string of the molecule is CS(=O)(=O)Oc1ccc2c(=O)c(-c3ccc(Br)cc3)c[nH]c2c1. The highest BCUT2D eigenvalue weighted by Gasteiger charge is 2.10. The van der Waals surface area contributed by atoms with Crippen molar-refractivity contribution in [3.05, 3.63) is 63.4 Å². The number of hydrogen-bond acceptors (Lipinski definition) is 4. The minimum Gasteiger partial charge on any atom is -0.383 e. The van der Waals surface area contributed by atoms with E-state index in [0.717, 1.165) is 16.3 Å². The maximum atomic E-state index is 12.6. The predicted octanol–water partition coefficient (Wildman–Crippen LogP) is 3.30. The summed E-state index contributed by atoms with van der Waals surface area (Å²) in [4.78, 5) is 15.6. The lowest BCUT2D eigenvalue weighted by atomic mass is 10.0. The van der Waals surface area contributed by atoms with Gasteiger partial charge in [0.05, 0.1) is 11.8 Å². The number of aromatic nitrogens is 1. The van der Waals surface area contributed by atoms with Gasteiger partial charge in [-0.3, -0.25) is 4.79 Å². The molecule has 0 spiro atoms. The summed E-state index contributed by atoms with van der Waals surface area (Å²) in [7, 11) is -3.61. The molecule has 3 aromatic rings. The molecular weight excluding hydrogens is 382 g/mol. The average molecular weight is 394 g/mol. The molecule has 0 amide bonds. The van der Waals surface area contributed by atoms with Gasteiger partial charge in [0.15, 0.2) is 5.43 Å². The van der Waals surface area contributed by atoms with E-state index in [0.29, 0.717) is 16.5 Å². The van der Waals surface area contributed by atoms with Crippen molar-refractivity contribution < 1.29 is 12.6 Å². The summed E-state index contributed by atoms with van der Waals surface area (Å²) >= 11 is 3.36. The molecule has 0 bridgehead atoms. The second-order valence-electron chi connectivity index (χ2n) is 5.03. The lowest BCUT2D eigenvalue weighted by Crippen LogP contribution is -2.08. The van der Waals surface area contributed by atoms with Gasteiger partial charge in [-0.05, 0) is 29.8 Å². The van der Waals surface area contributed by atoms with Crippen molar-refractivity contribution in [1.82, 2.24) is 4.98 Å². The Labute approximate surface area is 141 Å². The largest absolute Gasteiger partial charge is 0.383 e. The van der Waals surface area contributed by atoms with Gasteiger partial charge in [0, 0.05) is 27.7 Å². The topological polar surface area (TPSA) is 76.2 Å². The van der Waals surface area contributed by atoms with Crippen LogP contribution >= 0.6 is 15.9 Å². The van der Waals surface area contributed by atoms with E-state index < -0.39 is 10.1 Å². The monoisotopic (exact) mass is 393 g/mol. The van der Waals surface area contributed by atoms with Gasteiger partial charge in [0.25, 0.3) is 0 Å². The third-order valence-corrected chi connectivity index (χ3v) is 4.28. The van der Waals surface area contributed by atoms with E-state index in [-0.39, 0.29) is 11.2 Å². The predicted molar refractivity (Wildman–Crippen MR) is 93.2 cm³/mol. The number of hydrogen-bond donors (Lipinski definition) is 1. The van der Waals surface area contributed by atoms with Gasteiger partial charge in [-0.25, -0.2) is 0 Å². The Kier molecular flexibility index (Phi) is 3.99. The molecule has 1 heterocycles. The molecule has 1 N–H and O–H groups in total. The molecule has 0 aliphatic rings. The highest BCUT2D eigenvalue weighted by Crippen LogP contribution is 2.23. The standard InChI is InChI=1S/C16H12BrNO4S/c1-23(20,21)22-12-6-7-13-15(8-12)18-9-14(16(13)19)10-2-4-11(17)5-3-10/h2-9H,1H3,(H,18,19). The fourth-order valence-corrected chi connectivity index (χ4v) is 2.99. The third kappa shape index (κ3) is 3.46. The lowest BCUT2D eigenvalue weighted by molar-refractivity contribution is 0.493. The van der Waals surface area contributed by atoms with Crippen molar-refractivity contribution in [1.29, 1.82) is 0 Å². The fraction of sp³-hybridized carbons (Fsp3) is 0.0625. The van der Waals surface area contributed by atoms with Crippen LogP contribution in [0.5, 0.6) is 5.75 Å². The van der Waals surface area contributed by atoms with Gasteiger partial charge in [0.1, 0.15) is 5.75 Å². The molecule has 0 saturated heterocycles. The van der Waals surface area contributed by atoms with Crippen molar-refractivity contribution in [2.24, 2.45) is 0 Å². The number of benzene rings is 2. The van der Waals surface area contributed by atoms with E-state index in [1.165, 1.54) is 12.1 Å². The molecule has 7 heteroatoms. The van der Waals surface area contributed by atoms with Gasteiger partial charge in [-0.2, -0.15) is 8.42 Å². The van der Waals surface area contributed by atoms with Crippen LogP contribution in [-0.4, -0.2) is 19.7 Å². The molecule has 3 rings (SSSR count). The second kappa shape index (κ2) is 5.82. The second-order valence-corrected chi connectivity index (χ2v) is 7.52.